The minimum absolute atomic E-state index is 0.276. The van der Waals surface area contributed by atoms with Gasteiger partial charge in [-0.15, -0.1) is 0 Å². The van der Waals surface area contributed by atoms with E-state index in [-0.39, 0.29) is 12.1 Å². The first-order valence-corrected chi connectivity index (χ1v) is 6.39. The maximum absolute atomic E-state index is 5.59. The number of nitrogens with one attached hydrogen (secondary N) is 1. The van der Waals surface area contributed by atoms with Gasteiger partial charge in [-0.1, -0.05) is 0 Å². The van der Waals surface area contributed by atoms with Gasteiger partial charge < -0.3 is 10.1 Å². The second-order valence-corrected chi connectivity index (χ2v) is 5.00. The molecule has 80 valence electrons. The summed E-state index contributed by atoms with van der Waals surface area (Å²) < 4.78 is 6.76. The van der Waals surface area contributed by atoms with Gasteiger partial charge in [-0.05, 0) is 47.8 Å². The standard InChI is InChI=1S/C10H16BrNOS/c1-7(2)13-4-10(12-3)8-5-14-6-9(8)11/h5-7,10,12H,4H2,1-3H3. The Bertz CT molecular complexity index is 275. The summed E-state index contributed by atoms with van der Waals surface area (Å²) in [7, 11) is 1.96. The minimum atomic E-state index is 0.276. The van der Waals surface area contributed by atoms with E-state index in [0.29, 0.717) is 6.61 Å². The molecule has 1 atom stereocenters. The molecule has 14 heavy (non-hydrogen) atoms. The Morgan fingerprint density at radius 3 is 2.64 bits per heavy atom. The third-order valence-electron chi connectivity index (χ3n) is 1.96. The Labute approximate surface area is 97.8 Å². The van der Waals surface area contributed by atoms with Gasteiger partial charge in [0.2, 0.25) is 0 Å². The third-order valence-corrected chi connectivity index (χ3v) is 3.71. The molecule has 0 aliphatic carbocycles. The fourth-order valence-electron chi connectivity index (χ4n) is 1.16. The molecule has 1 rings (SSSR count). The molecular formula is C10H16BrNOS. The summed E-state index contributed by atoms with van der Waals surface area (Å²) in [5.41, 5.74) is 1.28. The fraction of sp³-hybridized carbons (Fsp3) is 0.600. The van der Waals surface area contributed by atoms with Crippen LogP contribution in [0.1, 0.15) is 25.5 Å². The molecule has 0 amide bonds. The summed E-state index contributed by atoms with van der Waals surface area (Å²) in [6, 6.07) is 0.276. The zero-order valence-corrected chi connectivity index (χ0v) is 11.1. The highest BCUT2D eigenvalue weighted by Crippen LogP contribution is 2.27. The van der Waals surface area contributed by atoms with Gasteiger partial charge in [0.15, 0.2) is 0 Å². The van der Waals surface area contributed by atoms with Gasteiger partial charge in [-0.3, -0.25) is 0 Å². The molecule has 1 N–H and O–H groups in total. The van der Waals surface area contributed by atoms with Crippen molar-refractivity contribution in [3.8, 4) is 0 Å². The van der Waals surface area contributed by atoms with Crippen LogP contribution < -0.4 is 5.32 Å². The Morgan fingerprint density at radius 2 is 2.21 bits per heavy atom. The second kappa shape index (κ2) is 5.85. The Morgan fingerprint density at radius 1 is 1.50 bits per heavy atom. The smallest absolute Gasteiger partial charge is 0.0665 e. The van der Waals surface area contributed by atoms with Crippen molar-refractivity contribution in [1.82, 2.24) is 5.32 Å². The van der Waals surface area contributed by atoms with E-state index in [1.54, 1.807) is 11.3 Å². The van der Waals surface area contributed by atoms with Crippen LogP contribution in [0.3, 0.4) is 0 Å². The predicted octanol–water partition coefficient (Wildman–Crippen LogP) is 3.20. The monoisotopic (exact) mass is 277 g/mol. The highest BCUT2D eigenvalue weighted by molar-refractivity contribution is 9.10. The molecule has 1 aromatic rings. The van der Waals surface area contributed by atoms with E-state index in [9.17, 15) is 0 Å². The normalized spacial score (nSPS) is 13.5. The van der Waals surface area contributed by atoms with E-state index in [2.05, 4.69) is 45.9 Å². The molecule has 0 aliphatic rings. The molecule has 4 heteroatoms. The van der Waals surface area contributed by atoms with Crippen molar-refractivity contribution < 1.29 is 4.74 Å². The van der Waals surface area contributed by atoms with Crippen molar-refractivity contribution in [2.45, 2.75) is 26.0 Å². The molecule has 1 unspecified atom stereocenters. The zero-order chi connectivity index (χ0) is 10.6. The van der Waals surface area contributed by atoms with Crippen molar-refractivity contribution in [3.63, 3.8) is 0 Å². The first-order valence-electron chi connectivity index (χ1n) is 4.65. The average Bonchev–Trinajstić information content (AvgIpc) is 2.53. The van der Waals surface area contributed by atoms with E-state index < -0.39 is 0 Å². The lowest BCUT2D eigenvalue weighted by Gasteiger charge is -2.17. The van der Waals surface area contributed by atoms with Crippen molar-refractivity contribution in [3.05, 3.63) is 20.8 Å². The SMILES string of the molecule is CNC(COC(C)C)c1cscc1Br. The van der Waals surface area contributed by atoms with Crippen LogP contribution >= 0.6 is 27.3 Å². The number of rotatable bonds is 5. The summed E-state index contributed by atoms with van der Waals surface area (Å²) in [6.07, 6.45) is 0.281. The van der Waals surface area contributed by atoms with E-state index in [1.807, 2.05) is 7.05 Å². The molecule has 0 spiro atoms. The Balaban J connectivity index is 2.58. The maximum Gasteiger partial charge on any atom is 0.0665 e. The summed E-state index contributed by atoms with van der Waals surface area (Å²) >= 11 is 5.23. The largest absolute Gasteiger partial charge is 0.377 e. The molecule has 0 radical (unpaired) electrons. The number of halogens is 1. The summed E-state index contributed by atoms with van der Waals surface area (Å²) in [4.78, 5) is 0. The summed E-state index contributed by atoms with van der Waals surface area (Å²) in [5, 5.41) is 7.49. The van der Waals surface area contributed by atoms with Gasteiger partial charge >= 0.3 is 0 Å². The maximum atomic E-state index is 5.59. The quantitative estimate of drug-likeness (QED) is 0.893. The fourth-order valence-corrected chi connectivity index (χ4v) is 2.78. The number of ether oxygens (including phenoxy) is 1. The lowest BCUT2D eigenvalue weighted by molar-refractivity contribution is 0.0626. The average molecular weight is 278 g/mol. The second-order valence-electron chi connectivity index (χ2n) is 3.40. The molecule has 0 aromatic carbocycles. The molecule has 1 aromatic heterocycles. The van der Waals surface area contributed by atoms with Crippen molar-refractivity contribution in [2.24, 2.45) is 0 Å². The van der Waals surface area contributed by atoms with Gasteiger partial charge in [0.1, 0.15) is 0 Å². The highest BCUT2D eigenvalue weighted by atomic mass is 79.9. The Kier molecular flexibility index (Phi) is 5.09. The predicted molar refractivity (Wildman–Crippen MR) is 64.9 cm³/mol. The van der Waals surface area contributed by atoms with Crippen LogP contribution in [0.5, 0.6) is 0 Å². The van der Waals surface area contributed by atoms with Crippen LogP contribution in [0.2, 0.25) is 0 Å². The van der Waals surface area contributed by atoms with Gasteiger partial charge in [-0.2, -0.15) is 11.3 Å². The van der Waals surface area contributed by atoms with Crippen LogP contribution in [0, 0.1) is 0 Å². The molecule has 0 aliphatic heterocycles. The van der Waals surface area contributed by atoms with Crippen molar-refractivity contribution >= 4 is 27.3 Å². The third kappa shape index (κ3) is 3.35. The zero-order valence-electron chi connectivity index (χ0n) is 8.71. The van der Waals surface area contributed by atoms with E-state index in [4.69, 9.17) is 4.74 Å². The lowest BCUT2D eigenvalue weighted by Crippen LogP contribution is -2.23. The molecule has 2 nitrogen and oxygen atoms in total. The summed E-state index contributed by atoms with van der Waals surface area (Å²) in [5.74, 6) is 0. The highest BCUT2D eigenvalue weighted by Gasteiger charge is 2.13. The van der Waals surface area contributed by atoms with Gasteiger partial charge in [0.05, 0.1) is 18.8 Å². The molecule has 0 saturated heterocycles. The van der Waals surface area contributed by atoms with Crippen LogP contribution in [0.4, 0.5) is 0 Å². The van der Waals surface area contributed by atoms with Gasteiger partial charge in [-0.25, -0.2) is 0 Å². The number of hydrogen-bond acceptors (Lipinski definition) is 3. The molecule has 1 heterocycles. The van der Waals surface area contributed by atoms with Gasteiger partial charge in [0, 0.05) is 9.85 Å². The topological polar surface area (TPSA) is 21.3 Å². The van der Waals surface area contributed by atoms with Crippen LogP contribution in [0.25, 0.3) is 0 Å². The van der Waals surface area contributed by atoms with Crippen LogP contribution in [0.15, 0.2) is 15.2 Å². The number of likely N-dealkylation sites (N-methyl/N-ethyl adjacent to an activating group) is 1. The molecular weight excluding hydrogens is 262 g/mol. The number of thiophene rings is 1. The first-order chi connectivity index (χ1) is 6.65. The summed E-state index contributed by atoms with van der Waals surface area (Å²) in [6.45, 7) is 4.81. The molecule has 0 bridgehead atoms. The molecule has 0 fully saturated rings. The van der Waals surface area contributed by atoms with Crippen LogP contribution in [-0.4, -0.2) is 19.8 Å². The van der Waals surface area contributed by atoms with E-state index in [1.165, 1.54) is 5.56 Å². The first kappa shape index (κ1) is 12.2. The van der Waals surface area contributed by atoms with Crippen molar-refractivity contribution in [1.29, 1.82) is 0 Å². The van der Waals surface area contributed by atoms with E-state index in [0.717, 1.165) is 4.47 Å². The van der Waals surface area contributed by atoms with Crippen LogP contribution in [-0.2, 0) is 4.74 Å². The molecule has 0 saturated carbocycles. The Hall–Kier alpha value is 0.100. The minimum Gasteiger partial charge on any atom is -0.377 e. The lowest BCUT2D eigenvalue weighted by atomic mass is 10.2. The van der Waals surface area contributed by atoms with Gasteiger partial charge in [0.25, 0.3) is 0 Å². The van der Waals surface area contributed by atoms with E-state index >= 15 is 0 Å². The number of hydrogen-bond donors (Lipinski definition) is 1. The van der Waals surface area contributed by atoms with Crippen molar-refractivity contribution in [2.75, 3.05) is 13.7 Å².